The average Bonchev–Trinajstić information content (AvgIpc) is 3.49. The molecule has 0 saturated carbocycles. The van der Waals surface area contributed by atoms with E-state index in [-0.39, 0.29) is 28.4 Å². The highest BCUT2D eigenvalue weighted by molar-refractivity contribution is 6.99. The molecule has 0 fully saturated rings. The van der Waals surface area contributed by atoms with Gasteiger partial charge in [-0.3, -0.25) is 0 Å². The fourth-order valence-corrected chi connectivity index (χ4v) is 10.7. The molecule has 0 bridgehead atoms. The van der Waals surface area contributed by atoms with Crippen molar-refractivity contribution in [3.8, 4) is 22.6 Å². The molecule has 0 saturated heterocycles. The summed E-state index contributed by atoms with van der Waals surface area (Å²) < 4.78 is 16.3. The first-order valence-corrected chi connectivity index (χ1v) is 23.6. The molecule has 0 N–H and O–H groups in total. The molecule has 10 rings (SSSR count). The average molecular weight is 854 g/mol. The summed E-state index contributed by atoms with van der Waals surface area (Å²) in [6.07, 6.45) is 0. The zero-order valence-corrected chi connectivity index (χ0v) is 41.1. The highest BCUT2D eigenvalue weighted by Gasteiger charge is 2.49. The van der Waals surface area contributed by atoms with Crippen LogP contribution in [0.5, 0.6) is 11.5 Å². The molecule has 328 valence electrons. The second-order valence-corrected chi connectivity index (χ2v) is 23.5. The van der Waals surface area contributed by atoms with Gasteiger partial charge in [0.15, 0.2) is 0 Å². The maximum absolute atomic E-state index is 9.33. The Kier molecular flexibility index (Phi) is 9.30. The Morgan fingerprint density at radius 1 is 0.554 bits per heavy atom. The van der Waals surface area contributed by atoms with E-state index >= 15 is 0 Å². The van der Waals surface area contributed by atoms with Gasteiger partial charge in [0.25, 0.3) is 6.71 Å². The Morgan fingerprint density at radius 2 is 1.08 bits per heavy atom. The van der Waals surface area contributed by atoms with Crippen molar-refractivity contribution in [2.45, 2.75) is 124 Å². The van der Waals surface area contributed by atoms with Gasteiger partial charge in [-0.1, -0.05) is 176 Å². The third-order valence-electron chi connectivity index (χ3n) is 14.5. The van der Waals surface area contributed by atoms with Crippen molar-refractivity contribution in [2.24, 2.45) is 0 Å². The second-order valence-electron chi connectivity index (χ2n) is 23.5. The molecule has 0 unspecified atom stereocenters. The van der Waals surface area contributed by atoms with Crippen LogP contribution in [0, 0.1) is 0 Å². The number of hydrogen-bond donors (Lipinski definition) is 0. The Labute approximate surface area is 391 Å². The standard InChI is InChI=1S/C61H65BN2O/c1-57(2,3)38-22-29-42(30-23-38)63(43-31-24-39(25-32-43)58(4,5)6)50-37-48-56(54-53(50)45-18-15-16-19-46(45)61(54,13)14)64(44-33-26-40(27-34-44)59(7,8)9)49-20-17-21-52-55(49)62(48)47-36-41(60(10,11)12)28-35-51(47)65-52/h15-37H,1-14H3/i17D. The number of rotatable bonds is 4. The molecule has 4 heteroatoms. The molecule has 0 spiro atoms. The molecule has 0 amide bonds. The van der Waals surface area contributed by atoms with Crippen molar-refractivity contribution in [1.29, 1.82) is 0 Å². The van der Waals surface area contributed by atoms with E-state index in [1.54, 1.807) is 0 Å². The summed E-state index contributed by atoms with van der Waals surface area (Å²) in [6, 6.07) is 50.5. The lowest BCUT2D eigenvalue weighted by Crippen LogP contribution is -2.60. The molecular formula is C61H65BN2O. The van der Waals surface area contributed by atoms with Crippen molar-refractivity contribution in [3.05, 3.63) is 173 Å². The Morgan fingerprint density at radius 3 is 1.63 bits per heavy atom. The zero-order chi connectivity index (χ0) is 47.0. The van der Waals surface area contributed by atoms with Gasteiger partial charge in [0.05, 0.1) is 7.06 Å². The van der Waals surface area contributed by atoms with Crippen LogP contribution in [0.4, 0.5) is 34.1 Å². The van der Waals surface area contributed by atoms with Gasteiger partial charge in [-0.15, -0.1) is 0 Å². The summed E-state index contributed by atoms with van der Waals surface area (Å²) in [5.41, 5.74) is 19.9. The fourth-order valence-electron chi connectivity index (χ4n) is 10.7. The lowest BCUT2D eigenvalue weighted by Gasteiger charge is -2.44. The molecular weight excluding hydrogens is 787 g/mol. The van der Waals surface area contributed by atoms with Gasteiger partial charge in [0.1, 0.15) is 11.5 Å². The van der Waals surface area contributed by atoms with Gasteiger partial charge in [0, 0.05) is 39.4 Å². The SMILES string of the molecule is [2H]c1cc2c3c(c1)N(c1ccc(C(C)(C)C)cc1)c1c(cc(N(c4ccc(C(C)(C)C)cc4)c4ccc(C(C)(C)C)cc4)c4c1C(C)(C)c1ccccc1-4)B3c1cc(C(C)(C)C)ccc1O2. The number of anilines is 6. The van der Waals surface area contributed by atoms with E-state index in [1.807, 2.05) is 6.07 Å². The van der Waals surface area contributed by atoms with Crippen LogP contribution in [0.2, 0.25) is 0 Å². The first-order valence-electron chi connectivity index (χ1n) is 24.1. The van der Waals surface area contributed by atoms with Crippen LogP contribution in [0.1, 0.15) is 132 Å². The molecule has 0 aromatic heterocycles. The molecule has 2 heterocycles. The minimum absolute atomic E-state index is 0.00852. The highest BCUT2D eigenvalue weighted by Crippen LogP contribution is 2.59. The number of benzene rings is 7. The third-order valence-corrected chi connectivity index (χ3v) is 14.5. The predicted octanol–water partition coefficient (Wildman–Crippen LogP) is 15.1. The molecule has 65 heavy (non-hydrogen) atoms. The van der Waals surface area contributed by atoms with Gasteiger partial charge in [0.2, 0.25) is 0 Å². The van der Waals surface area contributed by atoms with Crippen molar-refractivity contribution < 1.29 is 6.11 Å². The molecule has 0 atom stereocenters. The molecule has 0 radical (unpaired) electrons. The van der Waals surface area contributed by atoms with Crippen LogP contribution in [0.3, 0.4) is 0 Å². The Hall–Kier alpha value is -6.00. The van der Waals surface area contributed by atoms with Crippen LogP contribution < -0.4 is 30.9 Å². The van der Waals surface area contributed by atoms with E-state index < -0.39 is 5.41 Å². The topological polar surface area (TPSA) is 15.7 Å². The lowest BCUT2D eigenvalue weighted by molar-refractivity contribution is 0.486. The summed E-state index contributed by atoms with van der Waals surface area (Å²) in [4.78, 5) is 5.00. The number of nitrogens with zero attached hydrogens (tertiary/aromatic N) is 2. The van der Waals surface area contributed by atoms with Gasteiger partial charge < -0.3 is 14.5 Å². The van der Waals surface area contributed by atoms with Crippen molar-refractivity contribution in [1.82, 2.24) is 0 Å². The molecule has 3 aliphatic rings. The quantitative estimate of drug-likeness (QED) is 0.164. The zero-order valence-electron chi connectivity index (χ0n) is 42.1. The van der Waals surface area contributed by atoms with E-state index in [9.17, 15) is 1.37 Å². The smallest absolute Gasteiger partial charge is 0.256 e. The first kappa shape index (κ1) is 41.7. The van der Waals surface area contributed by atoms with Crippen LogP contribution in [-0.2, 0) is 27.1 Å². The number of ether oxygens (including phenoxy) is 1. The lowest BCUT2D eigenvalue weighted by atomic mass is 9.33. The molecule has 7 aromatic carbocycles. The predicted molar refractivity (Wildman–Crippen MR) is 279 cm³/mol. The Bertz CT molecular complexity index is 3010. The summed E-state index contributed by atoms with van der Waals surface area (Å²) in [5.74, 6) is 1.60. The largest absolute Gasteiger partial charge is 0.458 e. The maximum Gasteiger partial charge on any atom is 0.256 e. The van der Waals surface area contributed by atoms with Crippen molar-refractivity contribution >= 4 is 57.2 Å². The van der Waals surface area contributed by atoms with Gasteiger partial charge in [-0.25, -0.2) is 0 Å². The molecule has 7 aromatic rings. The van der Waals surface area contributed by atoms with Gasteiger partial charge in [-0.05, 0) is 138 Å². The summed E-state index contributed by atoms with van der Waals surface area (Å²) in [5, 5.41) is 0. The monoisotopic (exact) mass is 854 g/mol. The summed E-state index contributed by atoms with van der Waals surface area (Å²) in [6.45, 7) is 32.1. The molecule has 1 aliphatic carbocycles. The van der Waals surface area contributed by atoms with Crippen molar-refractivity contribution in [2.75, 3.05) is 9.80 Å². The van der Waals surface area contributed by atoms with Crippen LogP contribution in [-0.4, -0.2) is 6.71 Å². The summed E-state index contributed by atoms with van der Waals surface area (Å²) >= 11 is 0. The summed E-state index contributed by atoms with van der Waals surface area (Å²) in [7, 11) is 0. The Balaban J connectivity index is 1.37. The van der Waals surface area contributed by atoms with E-state index in [0.717, 1.165) is 50.9 Å². The van der Waals surface area contributed by atoms with Crippen LogP contribution in [0.25, 0.3) is 11.1 Å². The first-order chi connectivity index (χ1) is 30.9. The van der Waals surface area contributed by atoms with Crippen LogP contribution >= 0.6 is 0 Å². The highest BCUT2D eigenvalue weighted by atomic mass is 16.5. The van der Waals surface area contributed by atoms with Gasteiger partial charge >= 0.3 is 0 Å². The van der Waals surface area contributed by atoms with Gasteiger partial charge in [-0.2, -0.15) is 0 Å². The minimum Gasteiger partial charge on any atom is -0.458 e. The number of hydrogen-bond acceptors (Lipinski definition) is 3. The fraction of sp³-hybridized carbons (Fsp3) is 0.311. The second kappa shape index (κ2) is 14.5. The van der Waals surface area contributed by atoms with E-state index in [1.165, 1.54) is 55.7 Å². The van der Waals surface area contributed by atoms with E-state index in [4.69, 9.17) is 4.74 Å². The van der Waals surface area contributed by atoms with Crippen molar-refractivity contribution in [3.63, 3.8) is 0 Å². The molecule has 2 aliphatic heterocycles. The number of fused-ring (bicyclic) bond motifs is 8. The molecule has 3 nitrogen and oxygen atoms in total. The van der Waals surface area contributed by atoms with E-state index in [2.05, 4.69) is 234 Å². The normalized spacial score (nSPS) is 15.0. The van der Waals surface area contributed by atoms with E-state index in [0.29, 0.717) is 6.04 Å². The van der Waals surface area contributed by atoms with Crippen LogP contribution in [0.15, 0.2) is 140 Å². The maximum atomic E-state index is 9.33. The third kappa shape index (κ3) is 6.93. The minimum atomic E-state index is -0.395.